The van der Waals surface area contributed by atoms with Crippen molar-refractivity contribution in [1.82, 2.24) is 0 Å². The van der Waals surface area contributed by atoms with Gasteiger partial charge < -0.3 is 34.1 Å². The van der Waals surface area contributed by atoms with Crippen molar-refractivity contribution in [2.45, 2.75) is 6.92 Å². The van der Waals surface area contributed by atoms with Gasteiger partial charge in [0.15, 0.2) is 28.8 Å². The number of benzene rings is 3. The molecular formula is C29H31NO7. The highest BCUT2D eigenvalue weighted by Crippen LogP contribution is 2.39. The van der Waals surface area contributed by atoms with E-state index in [1.165, 1.54) is 12.1 Å². The predicted molar refractivity (Wildman–Crippen MR) is 145 cm³/mol. The van der Waals surface area contributed by atoms with Crippen LogP contribution >= 0.6 is 0 Å². The van der Waals surface area contributed by atoms with E-state index in [1.54, 1.807) is 66.9 Å². The van der Waals surface area contributed by atoms with E-state index in [0.717, 1.165) is 11.1 Å². The summed E-state index contributed by atoms with van der Waals surface area (Å²) in [4.78, 5) is 12.6. The van der Waals surface area contributed by atoms with Gasteiger partial charge in [-0.15, -0.1) is 0 Å². The SMILES string of the molecule is COc1cc(/C=C\c2cc(OC)c(OC)c(OC)c2)c(N/C=C\C(=O)c2ccc(O)c(C)c2)cc1OC. The third kappa shape index (κ3) is 6.35. The van der Waals surface area contributed by atoms with Crippen molar-refractivity contribution in [2.24, 2.45) is 0 Å². The third-order valence-corrected chi connectivity index (χ3v) is 5.65. The normalized spacial score (nSPS) is 11.0. The molecule has 0 radical (unpaired) electrons. The van der Waals surface area contributed by atoms with E-state index in [2.05, 4.69) is 5.32 Å². The maximum absolute atomic E-state index is 12.6. The van der Waals surface area contributed by atoms with Crippen LogP contribution < -0.4 is 29.0 Å². The number of rotatable bonds is 11. The molecule has 2 N–H and O–H groups in total. The van der Waals surface area contributed by atoms with E-state index in [4.69, 9.17) is 23.7 Å². The molecule has 0 bridgehead atoms. The molecule has 3 aromatic carbocycles. The molecular weight excluding hydrogens is 474 g/mol. The zero-order valence-electron chi connectivity index (χ0n) is 21.7. The van der Waals surface area contributed by atoms with Crippen LogP contribution in [0.4, 0.5) is 5.69 Å². The van der Waals surface area contributed by atoms with Crippen molar-refractivity contribution in [3.63, 3.8) is 0 Å². The van der Waals surface area contributed by atoms with Crippen LogP contribution in [0.2, 0.25) is 0 Å². The van der Waals surface area contributed by atoms with E-state index in [-0.39, 0.29) is 11.5 Å². The number of phenols is 1. The minimum absolute atomic E-state index is 0.146. The molecule has 194 valence electrons. The van der Waals surface area contributed by atoms with Gasteiger partial charge >= 0.3 is 0 Å². The van der Waals surface area contributed by atoms with Gasteiger partial charge in [0.25, 0.3) is 0 Å². The summed E-state index contributed by atoms with van der Waals surface area (Å²) < 4.78 is 27.2. The molecule has 3 aromatic rings. The number of phenolic OH excluding ortho intramolecular Hbond substituents is 1. The molecule has 0 aliphatic rings. The zero-order chi connectivity index (χ0) is 26.9. The van der Waals surface area contributed by atoms with Crippen molar-refractivity contribution < 1.29 is 33.6 Å². The number of hydrogen-bond acceptors (Lipinski definition) is 8. The zero-order valence-corrected chi connectivity index (χ0v) is 21.7. The molecule has 0 aliphatic heterocycles. The smallest absolute Gasteiger partial charge is 0.203 e. The second kappa shape index (κ2) is 12.4. The maximum atomic E-state index is 12.6. The molecule has 0 saturated heterocycles. The van der Waals surface area contributed by atoms with Gasteiger partial charge in [-0.1, -0.05) is 12.2 Å². The number of ether oxygens (including phenoxy) is 5. The quantitative estimate of drug-likeness (QED) is 0.194. The largest absolute Gasteiger partial charge is 0.508 e. The van der Waals surface area contributed by atoms with Gasteiger partial charge in [-0.3, -0.25) is 4.79 Å². The summed E-state index contributed by atoms with van der Waals surface area (Å²) in [5, 5.41) is 12.9. The Morgan fingerprint density at radius 3 is 1.97 bits per heavy atom. The Kier molecular flexibility index (Phi) is 9.05. The van der Waals surface area contributed by atoms with Gasteiger partial charge in [0, 0.05) is 35.2 Å². The number of carbonyl (C=O) groups is 1. The lowest BCUT2D eigenvalue weighted by Crippen LogP contribution is -1.99. The first-order chi connectivity index (χ1) is 17.8. The Hall–Kier alpha value is -4.59. The van der Waals surface area contributed by atoms with Crippen LogP contribution in [0.3, 0.4) is 0 Å². The van der Waals surface area contributed by atoms with Crippen LogP contribution in [-0.4, -0.2) is 46.4 Å². The fourth-order valence-electron chi connectivity index (χ4n) is 3.65. The van der Waals surface area contributed by atoms with Crippen molar-refractivity contribution in [2.75, 3.05) is 40.9 Å². The van der Waals surface area contributed by atoms with E-state index >= 15 is 0 Å². The van der Waals surface area contributed by atoms with Gasteiger partial charge in [-0.05, 0) is 54.4 Å². The number of aryl methyl sites for hydroxylation is 1. The molecule has 0 spiro atoms. The average molecular weight is 506 g/mol. The highest BCUT2D eigenvalue weighted by molar-refractivity contribution is 6.04. The van der Waals surface area contributed by atoms with E-state index in [1.807, 2.05) is 30.4 Å². The molecule has 0 unspecified atom stereocenters. The Morgan fingerprint density at radius 2 is 1.41 bits per heavy atom. The summed E-state index contributed by atoms with van der Waals surface area (Å²) in [6.07, 6.45) is 6.77. The summed E-state index contributed by atoms with van der Waals surface area (Å²) in [5.74, 6) is 2.62. The van der Waals surface area contributed by atoms with Gasteiger partial charge in [0.2, 0.25) is 5.75 Å². The van der Waals surface area contributed by atoms with E-state index in [9.17, 15) is 9.90 Å². The van der Waals surface area contributed by atoms with Crippen LogP contribution in [0.25, 0.3) is 12.2 Å². The van der Waals surface area contributed by atoms with Gasteiger partial charge in [0.05, 0.1) is 35.5 Å². The van der Waals surface area contributed by atoms with Crippen molar-refractivity contribution in [1.29, 1.82) is 0 Å². The van der Waals surface area contributed by atoms with E-state index in [0.29, 0.717) is 45.6 Å². The number of hydrogen-bond donors (Lipinski definition) is 2. The lowest BCUT2D eigenvalue weighted by Gasteiger charge is -2.14. The molecule has 37 heavy (non-hydrogen) atoms. The fraction of sp³-hybridized carbons (Fsp3) is 0.207. The predicted octanol–water partition coefficient (Wildman–Crippen LogP) is 5.72. The Morgan fingerprint density at radius 1 is 0.784 bits per heavy atom. The lowest BCUT2D eigenvalue weighted by molar-refractivity contribution is 0.104. The number of methoxy groups -OCH3 is 5. The first-order valence-corrected chi connectivity index (χ1v) is 11.4. The fourth-order valence-corrected chi connectivity index (χ4v) is 3.65. The first-order valence-electron chi connectivity index (χ1n) is 11.4. The third-order valence-electron chi connectivity index (χ3n) is 5.65. The highest BCUT2D eigenvalue weighted by Gasteiger charge is 2.13. The molecule has 0 atom stereocenters. The Labute approximate surface area is 216 Å². The summed E-state index contributed by atoms with van der Waals surface area (Å²) in [6, 6.07) is 12.0. The van der Waals surface area contributed by atoms with E-state index < -0.39 is 0 Å². The van der Waals surface area contributed by atoms with Crippen LogP contribution in [0, 0.1) is 6.92 Å². The molecule has 0 heterocycles. The molecule has 8 heteroatoms. The summed E-state index contributed by atoms with van der Waals surface area (Å²) >= 11 is 0. The van der Waals surface area contributed by atoms with Crippen LogP contribution in [0.5, 0.6) is 34.5 Å². The average Bonchev–Trinajstić information content (AvgIpc) is 2.92. The molecule has 0 fully saturated rings. The van der Waals surface area contributed by atoms with Crippen molar-refractivity contribution >= 4 is 23.6 Å². The second-order valence-corrected chi connectivity index (χ2v) is 7.93. The number of aromatic hydroxyl groups is 1. The minimum atomic E-state index is -0.203. The molecule has 8 nitrogen and oxygen atoms in total. The monoisotopic (exact) mass is 505 g/mol. The lowest BCUT2D eigenvalue weighted by atomic mass is 10.1. The van der Waals surface area contributed by atoms with Gasteiger partial charge in [-0.25, -0.2) is 0 Å². The Balaban J connectivity index is 1.94. The standard InChI is InChI=1S/C29H31NO7/c1-18-13-21(9-10-23(18)31)24(32)11-12-30-22-17-26(34-3)25(33-2)16-20(22)8-7-19-14-27(35-4)29(37-6)28(15-19)36-5/h7-17,30-31H,1-6H3/b8-7-,12-11-. The number of ketones is 1. The summed E-state index contributed by atoms with van der Waals surface area (Å²) in [6.45, 7) is 1.74. The molecule has 3 rings (SSSR count). The molecule has 0 aliphatic carbocycles. The number of allylic oxidation sites excluding steroid dienone is 1. The van der Waals surface area contributed by atoms with Crippen LogP contribution in [0.15, 0.2) is 54.7 Å². The van der Waals surface area contributed by atoms with Crippen LogP contribution in [-0.2, 0) is 0 Å². The maximum Gasteiger partial charge on any atom is 0.203 e. The molecule has 0 amide bonds. The Bertz CT molecular complexity index is 1300. The van der Waals surface area contributed by atoms with Crippen molar-refractivity contribution in [3.8, 4) is 34.5 Å². The van der Waals surface area contributed by atoms with Gasteiger partial charge in [-0.2, -0.15) is 0 Å². The minimum Gasteiger partial charge on any atom is -0.508 e. The van der Waals surface area contributed by atoms with Crippen molar-refractivity contribution in [3.05, 3.63) is 77.0 Å². The summed E-state index contributed by atoms with van der Waals surface area (Å²) in [5.41, 5.74) is 3.40. The highest BCUT2D eigenvalue weighted by atomic mass is 16.5. The van der Waals surface area contributed by atoms with Gasteiger partial charge in [0.1, 0.15) is 5.75 Å². The number of nitrogens with one attached hydrogen (secondary N) is 1. The van der Waals surface area contributed by atoms with Crippen LogP contribution in [0.1, 0.15) is 27.0 Å². The number of carbonyl (C=O) groups excluding carboxylic acids is 1. The number of anilines is 1. The molecule has 0 aromatic heterocycles. The topological polar surface area (TPSA) is 95.5 Å². The second-order valence-electron chi connectivity index (χ2n) is 7.93. The first kappa shape index (κ1) is 27.0. The summed E-state index contributed by atoms with van der Waals surface area (Å²) in [7, 11) is 7.80. The molecule has 0 saturated carbocycles.